The SMILES string of the molecule is CCOC(=O)N1CCN(C(=O)C(CCNC(=O)c2cc(OCc3ccccc3)c3cccc(OC)c3n2)C(=O)O)CC1. The predicted molar refractivity (Wildman–Crippen MR) is 152 cm³/mol. The Morgan fingerprint density at radius 1 is 0.976 bits per heavy atom. The van der Waals surface area contributed by atoms with Crippen LogP contribution < -0.4 is 14.8 Å². The molecular formula is C30H34N4O8. The number of carbonyl (C=O) groups is 4. The lowest BCUT2D eigenvalue weighted by Gasteiger charge is -2.35. The molecule has 2 aromatic carbocycles. The number of carbonyl (C=O) groups excluding carboxylic acids is 3. The molecule has 2 N–H and O–H groups in total. The summed E-state index contributed by atoms with van der Waals surface area (Å²) in [5, 5.41) is 13.1. The van der Waals surface area contributed by atoms with Gasteiger partial charge in [-0.05, 0) is 31.0 Å². The quantitative estimate of drug-likeness (QED) is 0.328. The first-order valence-electron chi connectivity index (χ1n) is 13.7. The molecule has 0 spiro atoms. The Morgan fingerprint density at radius 2 is 1.69 bits per heavy atom. The molecule has 222 valence electrons. The van der Waals surface area contributed by atoms with Crippen molar-refractivity contribution >= 4 is 34.8 Å². The van der Waals surface area contributed by atoms with E-state index in [1.54, 1.807) is 19.1 Å². The average Bonchev–Trinajstić information content (AvgIpc) is 3.01. The maximum atomic E-state index is 13.1. The van der Waals surface area contributed by atoms with E-state index in [0.717, 1.165) is 5.56 Å². The highest BCUT2D eigenvalue weighted by atomic mass is 16.6. The summed E-state index contributed by atoms with van der Waals surface area (Å²) in [6, 6.07) is 16.5. The third-order valence-corrected chi connectivity index (χ3v) is 6.89. The summed E-state index contributed by atoms with van der Waals surface area (Å²) in [7, 11) is 1.51. The van der Waals surface area contributed by atoms with Gasteiger partial charge in [0.1, 0.15) is 35.2 Å². The molecule has 1 atom stereocenters. The number of benzene rings is 2. The number of ether oxygens (including phenoxy) is 3. The van der Waals surface area contributed by atoms with Crippen LogP contribution in [-0.2, 0) is 20.9 Å². The maximum absolute atomic E-state index is 13.1. The van der Waals surface area contributed by atoms with Gasteiger partial charge in [-0.1, -0.05) is 36.4 Å². The van der Waals surface area contributed by atoms with Gasteiger partial charge in [-0.2, -0.15) is 0 Å². The Morgan fingerprint density at radius 3 is 2.36 bits per heavy atom. The van der Waals surface area contributed by atoms with E-state index in [-0.39, 0.29) is 58.1 Å². The van der Waals surface area contributed by atoms with Gasteiger partial charge in [-0.15, -0.1) is 0 Å². The number of methoxy groups -OCH3 is 1. The van der Waals surface area contributed by atoms with Crippen molar-refractivity contribution in [3.8, 4) is 11.5 Å². The first kappa shape index (κ1) is 30.1. The van der Waals surface area contributed by atoms with Crippen LogP contribution in [0.25, 0.3) is 10.9 Å². The maximum Gasteiger partial charge on any atom is 0.409 e. The minimum Gasteiger partial charge on any atom is -0.494 e. The van der Waals surface area contributed by atoms with Crippen LogP contribution >= 0.6 is 0 Å². The van der Waals surface area contributed by atoms with Gasteiger partial charge in [-0.25, -0.2) is 9.78 Å². The highest BCUT2D eigenvalue weighted by Gasteiger charge is 2.33. The molecule has 12 nitrogen and oxygen atoms in total. The summed E-state index contributed by atoms with van der Waals surface area (Å²) in [4.78, 5) is 57.4. The number of pyridine rings is 1. The monoisotopic (exact) mass is 578 g/mol. The molecule has 3 aromatic rings. The molecule has 0 bridgehead atoms. The summed E-state index contributed by atoms with van der Waals surface area (Å²) in [5.74, 6) is -2.85. The van der Waals surface area contributed by atoms with Crippen molar-refractivity contribution < 1.29 is 38.5 Å². The molecule has 4 rings (SSSR count). The first-order chi connectivity index (χ1) is 20.3. The zero-order valence-electron chi connectivity index (χ0n) is 23.6. The van der Waals surface area contributed by atoms with Crippen LogP contribution in [0, 0.1) is 5.92 Å². The van der Waals surface area contributed by atoms with Gasteiger partial charge in [0.25, 0.3) is 5.91 Å². The second-order valence-corrected chi connectivity index (χ2v) is 9.58. The van der Waals surface area contributed by atoms with Crippen molar-refractivity contribution in [3.63, 3.8) is 0 Å². The molecule has 1 unspecified atom stereocenters. The van der Waals surface area contributed by atoms with Gasteiger partial charge in [0.2, 0.25) is 5.91 Å². The Kier molecular flexibility index (Phi) is 10.1. The summed E-state index contributed by atoms with van der Waals surface area (Å²) in [6.45, 7) is 3.04. The van der Waals surface area contributed by atoms with Crippen LogP contribution in [0.1, 0.15) is 29.4 Å². The number of amides is 3. The Hall–Kier alpha value is -4.87. The van der Waals surface area contributed by atoms with E-state index in [1.165, 1.54) is 23.0 Å². The minimum atomic E-state index is -1.35. The second kappa shape index (κ2) is 14.2. The smallest absolute Gasteiger partial charge is 0.409 e. The van der Waals surface area contributed by atoms with Gasteiger partial charge < -0.3 is 34.4 Å². The molecule has 0 aliphatic carbocycles. The molecular weight excluding hydrogens is 544 g/mol. The fraction of sp³-hybridized carbons (Fsp3) is 0.367. The van der Waals surface area contributed by atoms with Crippen LogP contribution in [0.4, 0.5) is 4.79 Å². The van der Waals surface area contributed by atoms with Crippen molar-refractivity contribution in [2.45, 2.75) is 20.0 Å². The first-order valence-corrected chi connectivity index (χ1v) is 13.7. The molecule has 1 saturated heterocycles. The van der Waals surface area contributed by atoms with Crippen LogP contribution in [0.3, 0.4) is 0 Å². The van der Waals surface area contributed by atoms with Crippen LogP contribution in [0.2, 0.25) is 0 Å². The van der Waals surface area contributed by atoms with E-state index in [1.807, 2.05) is 36.4 Å². The highest BCUT2D eigenvalue weighted by Crippen LogP contribution is 2.32. The van der Waals surface area contributed by atoms with Crippen molar-refractivity contribution in [2.24, 2.45) is 5.92 Å². The van der Waals surface area contributed by atoms with E-state index in [4.69, 9.17) is 14.2 Å². The Labute approximate surface area is 243 Å². The number of aromatic nitrogens is 1. The van der Waals surface area contributed by atoms with Crippen molar-refractivity contribution in [2.75, 3.05) is 46.4 Å². The van der Waals surface area contributed by atoms with Crippen molar-refractivity contribution in [1.29, 1.82) is 0 Å². The number of para-hydroxylation sites is 1. The fourth-order valence-corrected chi connectivity index (χ4v) is 4.64. The van der Waals surface area contributed by atoms with Crippen LogP contribution in [-0.4, -0.2) is 90.2 Å². The van der Waals surface area contributed by atoms with Crippen LogP contribution in [0.5, 0.6) is 11.5 Å². The summed E-state index contributed by atoms with van der Waals surface area (Å²) in [5.41, 5.74) is 1.45. The van der Waals surface area contributed by atoms with E-state index < -0.39 is 29.8 Å². The molecule has 1 fully saturated rings. The fourth-order valence-electron chi connectivity index (χ4n) is 4.64. The number of piperazine rings is 1. The molecule has 1 aromatic heterocycles. The number of rotatable bonds is 11. The molecule has 0 saturated carbocycles. The minimum absolute atomic E-state index is 0.0587. The summed E-state index contributed by atoms with van der Waals surface area (Å²) in [6.07, 6.45) is -0.581. The number of fused-ring (bicyclic) bond motifs is 1. The van der Waals surface area contributed by atoms with E-state index >= 15 is 0 Å². The van der Waals surface area contributed by atoms with Crippen molar-refractivity contribution in [1.82, 2.24) is 20.1 Å². The number of hydrogen-bond acceptors (Lipinski definition) is 8. The molecule has 1 aliphatic rings. The number of aliphatic carboxylic acids is 1. The zero-order chi connectivity index (χ0) is 30.1. The van der Waals surface area contributed by atoms with Gasteiger partial charge in [0.15, 0.2) is 0 Å². The lowest BCUT2D eigenvalue weighted by Crippen LogP contribution is -2.53. The van der Waals surface area contributed by atoms with Crippen molar-refractivity contribution in [3.05, 3.63) is 65.9 Å². The predicted octanol–water partition coefficient (Wildman–Crippen LogP) is 2.94. The largest absolute Gasteiger partial charge is 0.494 e. The Bertz CT molecular complexity index is 1420. The molecule has 12 heteroatoms. The highest BCUT2D eigenvalue weighted by molar-refractivity contribution is 5.99. The van der Waals surface area contributed by atoms with Gasteiger partial charge >= 0.3 is 12.1 Å². The lowest BCUT2D eigenvalue weighted by molar-refractivity contribution is -0.152. The number of nitrogens with one attached hydrogen (secondary N) is 1. The van der Waals surface area contributed by atoms with E-state index in [2.05, 4.69) is 10.3 Å². The van der Waals surface area contributed by atoms with Crippen LogP contribution in [0.15, 0.2) is 54.6 Å². The molecule has 2 heterocycles. The number of hydrogen-bond donors (Lipinski definition) is 2. The summed E-state index contributed by atoms with van der Waals surface area (Å²) < 4.78 is 16.5. The van der Waals surface area contributed by atoms with E-state index in [0.29, 0.717) is 22.4 Å². The second-order valence-electron chi connectivity index (χ2n) is 9.58. The zero-order valence-corrected chi connectivity index (χ0v) is 23.6. The summed E-state index contributed by atoms with van der Waals surface area (Å²) >= 11 is 0. The van der Waals surface area contributed by atoms with Gasteiger partial charge in [0, 0.05) is 44.2 Å². The number of nitrogens with zero attached hydrogens (tertiary/aromatic N) is 3. The molecule has 42 heavy (non-hydrogen) atoms. The molecule has 0 radical (unpaired) electrons. The third-order valence-electron chi connectivity index (χ3n) is 6.89. The molecule has 1 aliphatic heterocycles. The normalized spacial score (nSPS) is 13.8. The lowest BCUT2D eigenvalue weighted by atomic mass is 10.0. The number of carboxylic acid groups (broad SMARTS) is 1. The number of carboxylic acids is 1. The van der Waals surface area contributed by atoms with E-state index in [9.17, 15) is 24.3 Å². The molecule has 3 amide bonds. The third kappa shape index (κ3) is 7.25. The van der Waals surface area contributed by atoms with Gasteiger partial charge in [0.05, 0.1) is 13.7 Å². The Balaban J connectivity index is 1.42. The standard InChI is InChI=1S/C30H34N4O8/c1-3-41-30(39)34-16-14-33(15-17-34)28(36)22(29(37)38)12-13-31-27(35)23-18-25(42-19-20-8-5-4-6-9-20)21-10-7-11-24(40-2)26(21)32-23/h4-11,18,22H,3,12-17,19H2,1-2H3,(H,31,35)(H,37,38). The topological polar surface area (TPSA) is 148 Å². The average molecular weight is 579 g/mol. The van der Waals surface area contributed by atoms with Gasteiger partial charge in [-0.3, -0.25) is 14.4 Å².